The Kier molecular flexibility index (Phi) is 10.1. The largest absolute Gasteiger partial charge is 0.0622 e. The molecule has 2 aliphatic carbocycles. The number of rotatable bonds is 8. The lowest BCUT2D eigenvalue weighted by Gasteiger charge is -2.24. The first-order valence-corrected chi connectivity index (χ1v) is 24.4. The monoisotopic (exact) mass is 888 g/mol. The molecule has 70 heavy (non-hydrogen) atoms. The predicted molar refractivity (Wildman–Crippen MR) is 298 cm³/mol. The van der Waals surface area contributed by atoms with Crippen molar-refractivity contribution in [3.63, 3.8) is 0 Å². The minimum absolute atomic E-state index is 1.20. The average Bonchev–Trinajstić information content (AvgIpc) is 3.96. The van der Waals surface area contributed by atoms with Gasteiger partial charge in [0.2, 0.25) is 0 Å². The zero-order chi connectivity index (χ0) is 46.7. The second kappa shape index (κ2) is 17.0. The Morgan fingerprint density at radius 2 is 0.486 bits per heavy atom. The van der Waals surface area contributed by atoms with Crippen molar-refractivity contribution in [2.24, 2.45) is 0 Å². The number of benzene rings is 11. The molecule has 13 rings (SSSR count). The van der Waals surface area contributed by atoms with E-state index in [1.165, 1.54) is 144 Å². The standard InChI is InChI=1S/C70H48/c1-45-61(51-23-7-3-8-24-51)62(52-25-9-4-10-26-52)46(2)64-63(45)65(55-41-37-49(38-42-55)59-35-19-31-47-21-15-17-33-57(47)59)70-67(54-29-13-6-14-30-54)66(53-27-11-5-12-28-53)68(69(64)70)56-43-39-50(40-44-56)60-36-20-32-48-22-16-18-34-58(48)60/h3-44H,1-2H3. The van der Waals surface area contributed by atoms with E-state index < -0.39 is 0 Å². The molecule has 0 radical (unpaired) electrons. The summed E-state index contributed by atoms with van der Waals surface area (Å²) in [5.74, 6) is 0. The van der Waals surface area contributed by atoms with Crippen molar-refractivity contribution in [3.8, 4) is 44.5 Å². The summed E-state index contributed by atoms with van der Waals surface area (Å²) in [7, 11) is 0. The summed E-state index contributed by atoms with van der Waals surface area (Å²) in [5.41, 5.74) is 27.6. The summed E-state index contributed by atoms with van der Waals surface area (Å²) in [6, 6.07) is 94.0. The van der Waals surface area contributed by atoms with E-state index in [1.807, 2.05) is 0 Å². The van der Waals surface area contributed by atoms with Gasteiger partial charge < -0.3 is 0 Å². The molecule has 0 saturated heterocycles. The molecule has 11 aromatic carbocycles. The van der Waals surface area contributed by atoms with Crippen molar-refractivity contribution < 1.29 is 0 Å². The lowest BCUT2D eigenvalue weighted by atomic mass is 9.79. The van der Waals surface area contributed by atoms with Gasteiger partial charge in [0.25, 0.3) is 0 Å². The van der Waals surface area contributed by atoms with Crippen LogP contribution in [0.1, 0.15) is 44.5 Å². The zero-order valence-electron chi connectivity index (χ0n) is 39.2. The van der Waals surface area contributed by atoms with E-state index in [0.29, 0.717) is 0 Å². The molecular formula is C70H48. The van der Waals surface area contributed by atoms with Gasteiger partial charge in [-0.1, -0.05) is 255 Å². The first-order valence-electron chi connectivity index (χ1n) is 24.4. The van der Waals surface area contributed by atoms with Gasteiger partial charge in [0.1, 0.15) is 0 Å². The molecule has 0 aromatic heterocycles. The average molecular weight is 889 g/mol. The third-order valence-electron chi connectivity index (χ3n) is 14.8. The molecule has 0 unspecified atom stereocenters. The molecule has 11 aromatic rings. The summed E-state index contributed by atoms with van der Waals surface area (Å²) in [5, 5.41) is 5.02. The molecule has 0 spiro atoms. The van der Waals surface area contributed by atoms with Crippen LogP contribution in [0.3, 0.4) is 0 Å². The Morgan fingerprint density at radius 3 is 0.929 bits per heavy atom. The molecule has 0 N–H and O–H groups in total. The predicted octanol–water partition coefficient (Wildman–Crippen LogP) is 18.6. The van der Waals surface area contributed by atoms with Gasteiger partial charge in [-0.15, -0.1) is 0 Å². The van der Waals surface area contributed by atoms with Crippen LogP contribution < -0.4 is 0 Å². The van der Waals surface area contributed by atoms with Crippen LogP contribution in [0, 0.1) is 13.8 Å². The van der Waals surface area contributed by atoms with Crippen molar-refractivity contribution in [2.45, 2.75) is 13.8 Å². The molecule has 0 atom stereocenters. The van der Waals surface area contributed by atoms with Gasteiger partial charge in [-0.2, -0.15) is 0 Å². The van der Waals surface area contributed by atoms with Gasteiger partial charge in [0.05, 0.1) is 0 Å². The van der Waals surface area contributed by atoms with Crippen LogP contribution >= 0.6 is 0 Å². The van der Waals surface area contributed by atoms with E-state index in [2.05, 4.69) is 269 Å². The fourth-order valence-electron chi connectivity index (χ4n) is 11.8. The Hall–Kier alpha value is -8.84. The van der Waals surface area contributed by atoms with E-state index >= 15 is 0 Å². The summed E-state index contributed by atoms with van der Waals surface area (Å²) in [6.07, 6.45) is 0. The topological polar surface area (TPSA) is 0 Å². The van der Waals surface area contributed by atoms with Gasteiger partial charge >= 0.3 is 0 Å². The van der Waals surface area contributed by atoms with Crippen LogP contribution in [0.5, 0.6) is 0 Å². The van der Waals surface area contributed by atoms with Crippen LogP contribution in [0.25, 0.3) is 93.9 Å². The molecular weight excluding hydrogens is 841 g/mol. The number of hydrogen-bond donors (Lipinski definition) is 0. The minimum Gasteiger partial charge on any atom is -0.0622 e. The third kappa shape index (κ3) is 6.67. The maximum atomic E-state index is 2.38. The van der Waals surface area contributed by atoms with E-state index in [1.54, 1.807) is 0 Å². The van der Waals surface area contributed by atoms with E-state index in [4.69, 9.17) is 0 Å². The Morgan fingerprint density at radius 1 is 0.186 bits per heavy atom. The number of allylic oxidation sites excluding steroid dienone is 5. The van der Waals surface area contributed by atoms with Gasteiger partial charge in [0, 0.05) is 0 Å². The highest BCUT2D eigenvalue weighted by molar-refractivity contribution is 6.40. The molecule has 0 aliphatic heterocycles. The summed E-state index contributed by atoms with van der Waals surface area (Å²) < 4.78 is 0. The van der Waals surface area contributed by atoms with Crippen LogP contribution in [0.2, 0.25) is 0 Å². The van der Waals surface area contributed by atoms with Gasteiger partial charge in [-0.3, -0.25) is 0 Å². The van der Waals surface area contributed by atoms with Crippen molar-refractivity contribution in [2.75, 3.05) is 0 Å². The van der Waals surface area contributed by atoms with Crippen LogP contribution in [-0.4, -0.2) is 0 Å². The smallest absolute Gasteiger partial charge is 0.000117 e. The van der Waals surface area contributed by atoms with Crippen LogP contribution in [0.15, 0.2) is 260 Å². The maximum Gasteiger partial charge on any atom is -0.000117 e. The summed E-state index contributed by atoms with van der Waals surface area (Å²) in [6.45, 7) is 4.76. The molecule has 0 saturated carbocycles. The molecule has 0 heteroatoms. The molecule has 2 aliphatic rings. The fourth-order valence-corrected chi connectivity index (χ4v) is 11.8. The number of hydrogen-bond acceptors (Lipinski definition) is 0. The normalized spacial score (nSPS) is 13.1. The molecule has 0 fully saturated rings. The van der Waals surface area contributed by atoms with E-state index in [9.17, 15) is 0 Å². The molecule has 0 heterocycles. The van der Waals surface area contributed by atoms with Gasteiger partial charge in [0.15, 0.2) is 0 Å². The molecule has 328 valence electrons. The first-order chi connectivity index (χ1) is 34.6. The second-order valence-corrected chi connectivity index (χ2v) is 18.7. The highest BCUT2D eigenvalue weighted by Crippen LogP contribution is 2.64. The highest BCUT2D eigenvalue weighted by Gasteiger charge is 2.43. The third-order valence-corrected chi connectivity index (χ3v) is 14.8. The van der Waals surface area contributed by atoms with Crippen LogP contribution in [-0.2, 0) is 0 Å². The maximum absolute atomic E-state index is 2.38. The van der Waals surface area contributed by atoms with Gasteiger partial charge in [-0.05, 0) is 158 Å². The molecule has 0 bridgehead atoms. The highest BCUT2D eigenvalue weighted by atomic mass is 14.4. The molecule has 0 nitrogen and oxygen atoms in total. The lowest BCUT2D eigenvalue weighted by molar-refractivity contribution is 1.34. The Labute approximate surface area is 410 Å². The summed E-state index contributed by atoms with van der Waals surface area (Å²) in [4.78, 5) is 0. The van der Waals surface area contributed by atoms with Crippen molar-refractivity contribution >= 4 is 49.4 Å². The Bertz CT molecular complexity index is 3910. The quantitative estimate of drug-likeness (QED) is 0.143. The van der Waals surface area contributed by atoms with Gasteiger partial charge in [-0.25, -0.2) is 0 Å². The molecule has 0 amide bonds. The zero-order valence-corrected chi connectivity index (χ0v) is 39.2. The first kappa shape index (κ1) is 41.4. The van der Waals surface area contributed by atoms with Crippen molar-refractivity contribution in [1.29, 1.82) is 0 Å². The fraction of sp³-hybridized carbons (Fsp3) is 0.0286. The lowest BCUT2D eigenvalue weighted by Crippen LogP contribution is -2.03. The van der Waals surface area contributed by atoms with Crippen LogP contribution in [0.4, 0.5) is 0 Å². The Balaban J connectivity index is 1.16. The van der Waals surface area contributed by atoms with Crippen molar-refractivity contribution in [3.05, 3.63) is 305 Å². The minimum atomic E-state index is 1.20. The summed E-state index contributed by atoms with van der Waals surface area (Å²) >= 11 is 0. The van der Waals surface area contributed by atoms with E-state index in [-0.39, 0.29) is 0 Å². The van der Waals surface area contributed by atoms with E-state index in [0.717, 1.165) is 0 Å². The second-order valence-electron chi connectivity index (χ2n) is 18.7. The number of fused-ring (bicyclic) bond motifs is 5. The van der Waals surface area contributed by atoms with Crippen molar-refractivity contribution in [1.82, 2.24) is 0 Å². The SMILES string of the molecule is Cc1c2c(c(C)c(-c3ccccc3)c1-c1ccccc1)C(c1ccc(-c3cccc4ccccc34)cc1)=C1C(c3ccccc3)=C(c3ccccc3)C(c3ccc(-c4cccc5ccccc45)cc3)=C12.